The number of benzene rings is 3. The van der Waals surface area contributed by atoms with Crippen molar-refractivity contribution in [2.24, 2.45) is 0 Å². The lowest BCUT2D eigenvalue weighted by Gasteiger charge is -2.39. The van der Waals surface area contributed by atoms with E-state index in [1.54, 1.807) is 0 Å². The predicted molar refractivity (Wildman–Crippen MR) is 152 cm³/mol. The number of phenolic OH excluding ortho intramolecular Hbond substituents is 5. The molecule has 1 aliphatic heterocycles. The summed E-state index contributed by atoms with van der Waals surface area (Å²) >= 11 is 0. The highest BCUT2D eigenvalue weighted by Crippen LogP contribution is 2.44. The van der Waals surface area contributed by atoms with Crippen LogP contribution in [0.15, 0.2) is 63.8 Å². The zero-order valence-corrected chi connectivity index (χ0v) is 22.8. The van der Waals surface area contributed by atoms with E-state index >= 15 is 0 Å². The molecule has 0 radical (unpaired) electrons. The number of ether oxygens (including phenoxy) is 3. The molecule has 9 N–H and O–H groups in total. The van der Waals surface area contributed by atoms with Crippen LogP contribution in [0.25, 0.3) is 28.4 Å². The number of hydrogen-bond donors (Lipinski definition) is 9. The third kappa shape index (κ3) is 6.13. The van der Waals surface area contributed by atoms with Crippen molar-refractivity contribution < 1.29 is 69.4 Å². The van der Waals surface area contributed by atoms with Crippen molar-refractivity contribution >= 4 is 23.0 Å². The van der Waals surface area contributed by atoms with E-state index in [0.29, 0.717) is 5.56 Å². The first-order chi connectivity index (χ1) is 21.3. The van der Waals surface area contributed by atoms with Gasteiger partial charge in [-0.3, -0.25) is 4.79 Å². The minimum absolute atomic E-state index is 0.0993. The van der Waals surface area contributed by atoms with Crippen LogP contribution in [0.3, 0.4) is 0 Å². The lowest BCUT2D eigenvalue weighted by Crippen LogP contribution is -2.60. The number of aliphatic hydroxyl groups is 3. The molecule has 1 aromatic heterocycles. The SMILES string of the molecule is O=C(/C=C/c1ccc(O)c(O)c1)OC[C@@H]1O[C@@H](Oc2cc3oc(-c4ccc(O)cc4)c(O)c(=O)c3c(O)c2O)[C@H](O)[C@@H](O)[C@@H]1O. The lowest BCUT2D eigenvalue weighted by atomic mass is 9.99. The zero-order chi connectivity index (χ0) is 32.6. The van der Waals surface area contributed by atoms with Gasteiger partial charge < -0.3 is 64.6 Å². The van der Waals surface area contributed by atoms with E-state index in [1.807, 2.05) is 0 Å². The molecule has 15 heteroatoms. The molecule has 0 aliphatic carbocycles. The number of carbonyl (C=O) groups is 1. The monoisotopic (exact) mass is 626 g/mol. The quantitative estimate of drug-likeness (QED) is 0.0791. The number of carbonyl (C=O) groups excluding carboxylic acids is 1. The number of esters is 1. The van der Waals surface area contributed by atoms with Gasteiger partial charge in [-0.25, -0.2) is 4.79 Å². The Hall–Kier alpha value is -5.48. The van der Waals surface area contributed by atoms with Gasteiger partial charge in [-0.1, -0.05) is 6.07 Å². The summed E-state index contributed by atoms with van der Waals surface area (Å²) in [5.74, 6) is -5.69. The Bertz CT molecular complexity index is 1830. The van der Waals surface area contributed by atoms with Gasteiger partial charge in [0.1, 0.15) is 47.7 Å². The molecule has 1 aliphatic rings. The van der Waals surface area contributed by atoms with Crippen molar-refractivity contribution in [1.82, 2.24) is 0 Å². The first-order valence-corrected chi connectivity index (χ1v) is 13.1. The maximum Gasteiger partial charge on any atom is 0.330 e. The highest BCUT2D eigenvalue weighted by atomic mass is 16.7. The summed E-state index contributed by atoms with van der Waals surface area (Å²) in [6.45, 7) is -0.645. The summed E-state index contributed by atoms with van der Waals surface area (Å²) in [7, 11) is 0. The van der Waals surface area contributed by atoms with Crippen LogP contribution in [0, 0.1) is 0 Å². The van der Waals surface area contributed by atoms with Crippen LogP contribution in [0.4, 0.5) is 0 Å². The maximum absolute atomic E-state index is 12.9. The van der Waals surface area contributed by atoms with Crippen LogP contribution < -0.4 is 10.2 Å². The zero-order valence-electron chi connectivity index (χ0n) is 22.8. The van der Waals surface area contributed by atoms with Gasteiger partial charge in [0, 0.05) is 17.7 Å². The second-order valence-electron chi connectivity index (χ2n) is 9.94. The van der Waals surface area contributed by atoms with Gasteiger partial charge in [0.05, 0.1) is 0 Å². The van der Waals surface area contributed by atoms with Gasteiger partial charge in [-0.05, 0) is 48.0 Å². The van der Waals surface area contributed by atoms with Crippen LogP contribution in [0.1, 0.15) is 5.56 Å². The van der Waals surface area contributed by atoms with E-state index in [0.717, 1.165) is 12.1 Å². The minimum atomic E-state index is -1.93. The number of hydrogen-bond acceptors (Lipinski definition) is 15. The first kappa shape index (κ1) is 31.0. The lowest BCUT2D eigenvalue weighted by molar-refractivity contribution is -0.278. The summed E-state index contributed by atoms with van der Waals surface area (Å²) in [4.78, 5) is 25.1. The van der Waals surface area contributed by atoms with Crippen LogP contribution >= 0.6 is 0 Å². The largest absolute Gasteiger partial charge is 0.508 e. The van der Waals surface area contributed by atoms with E-state index < -0.39 is 82.8 Å². The van der Waals surface area contributed by atoms with Crippen molar-refractivity contribution in [3.8, 4) is 51.6 Å². The highest BCUT2D eigenvalue weighted by molar-refractivity contribution is 5.91. The van der Waals surface area contributed by atoms with Crippen molar-refractivity contribution in [1.29, 1.82) is 0 Å². The Morgan fingerprint density at radius 3 is 2.22 bits per heavy atom. The molecule has 15 nitrogen and oxygen atoms in total. The van der Waals surface area contributed by atoms with Gasteiger partial charge in [-0.2, -0.15) is 0 Å². The molecule has 1 fully saturated rings. The second-order valence-corrected chi connectivity index (χ2v) is 9.94. The number of aliphatic hydroxyl groups excluding tert-OH is 3. The fourth-order valence-electron chi connectivity index (χ4n) is 4.49. The highest BCUT2D eigenvalue weighted by Gasteiger charge is 2.46. The summed E-state index contributed by atoms with van der Waals surface area (Å²) in [6, 6.07) is 9.99. The Balaban J connectivity index is 1.36. The van der Waals surface area contributed by atoms with E-state index in [4.69, 9.17) is 18.6 Å². The van der Waals surface area contributed by atoms with E-state index in [2.05, 4.69) is 0 Å². The van der Waals surface area contributed by atoms with E-state index in [-0.39, 0.29) is 28.4 Å². The van der Waals surface area contributed by atoms with Crippen molar-refractivity contribution in [2.75, 3.05) is 6.61 Å². The van der Waals surface area contributed by atoms with Crippen LogP contribution in [0.2, 0.25) is 0 Å². The molecule has 4 aromatic rings. The molecule has 0 unspecified atom stereocenters. The van der Waals surface area contributed by atoms with Crippen LogP contribution in [-0.2, 0) is 14.3 Å². The average molecular weight is 627 g/mol. The normalized spacial score (nSPS) is 21.6. The van der Waals surface area contributed by atoms with Gasteiger partial charge in [0.25, 0.3) is 0 Å². The molecule has 0 saturated carbocycles. The van der Waals surface area contributed by atoms with Crippen molar-refractivity contribution in [2.45, 2.75) is 30.7 Å². The van der Waals surface area contributed by atoms with Gasteiger partial charge >= 0.3 is 5.97 Å². The first-order valence-electron chi connectivity index (χ1n) is 13.1. The Labute approximate surface area is 251 Å². The molecule has 0 bridgehead atoms. The average Bonchev–Trinajstić information content (AvgIpc) is 3.01. The third-order valence-electron chi connectivity index (χ3n) is 6.91. The van der Waals surface area contributed by atoms with Gasteiger partial charge in [-0.15, -0.1) is 0 Å². The number of rotatable bonds is 7. The predicted octanol–water partition coefficient (Wildman–Crippen LogP) is 1.14. The number of phenols is 5. The van der Waals surface area contributed by atoms with Gasteiger partial charge in [0.2, 0.25) is 23.2 Å². The minimum Gasteiger partial charge on any atom is -0.508 e. The third-order valence-corrected chi connectivity index (χ3v) is 6.91. The Morgan fingerprint density at radius 1 is 0.822 bits per heavy atom. The van der Waals surface area contributed by atoms with E-state index in [1.165, 1.54) is 48.5 Å². The number of aromatic hydroxyl groups is 6. The van der Waals surface area contributed by atoms with Crippen LogP contribution in [-0.4, -0.2) is 89.2 Å². The molecular formula is C30H26O15. The summed E-state index contributed by atoms with van der Waals surface area (Å²) in [5, 5.41) is 90.7. The maximum atomic E-state index is 12.9. The molecule has 5 rings (SSSR count). The Morgan fingerprint density at radius 2 is 1.53 bits per heavy atom. The molecule has 1 saturated heterocycles. The van der Waals surface area contributed by atoms with Crippen molar-refractivity contribution in [3.63, 3.8) is 0 Å². The fourth-order valence-corrected chi connectivity index (χ4v) is 4.49. The summed E-state index contributed by atoms with van der Waals surface area (Å²) < 4.78 is 21.6. The summed E-state index contributed by atoms with van der Waals surface area (Å²) in [6.07, 6.45) is -6.63. The molecule has 3 aromatic carbocycles. The molecule has 5 atom stereocenters. The fraction of sp³-hybridized carbons (Fsp3) is 0.200. The van der Waals surface area contributed by atoms with E-state index in [9.17, 15) is 55.5 Å². The molecule has 0 spiro atoms. The second kappa shape index (κ2) is 12.3. The molecule has 2 heterocycles. The topological polar surface area (TPSA) is 257 Å². The van der Waals surface area contributed by atoms with Crippen molar-refractivity contribution in [3.05, 3.63) is 70.4 Å². The molecular weight excluding hydrogens is 600 g/mol. The molecule has 236 valence electrons. The molecule has 0 amide bonds. The Kier molecular flexibility index (Phi) is 8.43. The molecule has 45 heavy (non-hydrogen) atoms. The summed E-state index contributed by atoms with van der Waals surface area (Å²) in [5.41, 5.74) is -0.959. The number of fused-ring (bicyclic) bond motifs is 1. The smallest absolute Gasteiger partial charge is 0.330 e. The standard InChI is InChI=1S/C30H26O15/c31-14-5-3-13(4-6-14)29-27(40)25(38)21-17(43-29)10-18(22(35)24(21)37)44-30-28(41)26(39)23(36)19(45-30)11-42-20(34)8-2-12-1-7-15(32)16(33)9-12/h1-10,19,23,26,28,30-33,35-37,39-41H,11H2/b8-2+/t19-,23+,26-,28+,30+/m0/s1. The van der Waals surface area contributed by atoms with Crippen LogP contribution in [0.5, 0.6) is 40.2 Å². The van der Waals surface area contributed by atoms with Gasteiger partial charge in [0.15, 0.2) is 28.8 Å².